The van der Waals surface area contributed by atoms with Crippen LogP contribution in [0.15, 0.2) is 18.2 Å². The minimum absolute atomic E-state index is 0.0786. The standard InChI is InChI=1S/C14H17F2NO3/c1-9(6-14(19)20)5-13(18)17(2)8-10-3-4-11(15)12(16)7-10/h3-4,7,9H,5-6,8H2,1-2H3,(H,19,20). The summed E-state index contributed by atoms with van der Waals surface area (Å²) in [5.74, 6) is -3.34. The van der Waals surface area contributed by atoms with Crippen LogP contribution in [0.3, 0.4) is 0 Å². The van der Waals surface area contributed by atoms with Gasteiger partial charge >= 0.3 is 5.97 Å². The number of aliphatic carboxylic acids is 1. The van der Waals surface area contributed by atoms with Crippen LogP contribution >= 0.6 is 0 Å². The second-order valence-corrected chi connectivity index (χ2v) is 4.91. The third kappa shape index (κ3) is 4.95. The van der Waals surface area contributed by atoms with Gasteiger partial charge in [0.15, 0.2) is 11.6 Å². The second-order valence-electron chi connectivity index (χ2n) is 4.91. The van der Waals surface area contributed by atoms with Gasteiger partial charge < -0.3 is 10.0 Å². The molecule has 0 aliphatic heterocycles. The quantitative estimate of drug-likeness (QED) is 0.873. The van der Waals surface area contributed by atoms with Crippen LogP contribution in [-0.4, -0.2) is 28.9 Å². The van der Waals surface area contributed by atoms with Crippen LogP contribution in [0, 0.1) is 17.6 Å². The topological polar surface area (TPSA) is 57.6 Å². The van der Waals surface area contributed by atoms with E-state index in [1.54, 1.807) is 6.92 Å². The molecule has 0 aliphatic carbocycles. The average Bonchev–Trinajstić information content (AvgIpc) is 2.32. The number of rotatable bonds is 6. The Balaban J connectivity index is 2.56. The van der Waals surface area contributed by atoms with Gasteiger partial charge in [-0.2, -0.15) is 0 Å². The summed E-state index contributed by atoms with van der Waals surface area (Å²) in [4.78, 5) is 23.7. The van der Waals surface area contributed by atoms with Crippen molar-refractivity contribution >= 4 is 11.9 Å². The summed E-state index contributed by atoms with van der Waals surface area (Å²) < 4.78 is 25.8. The lowest BCUT2D eigenvalue weighted by Gasteiger charge is -2.19. The molecular formula is C14H17F2NO3. The van der Waals surface area contributed by atoms with Gasteiger partial charge in [-0.25, -0.2) is 8.78 Å². The highest BCUT2D eigenvalue weighted by Gasteiger charge is 2.16. The zero-order chi connectivity index (χ0) is 15.3. The van der Waals surface area contributed by atoms with E-state index in [-0.39, 0.29) is 31.2 Å². The first-order valence-electron chi connectivity index (χ1n) is 6.19. The first kappa shape index (κ1) is 16.1. The number of nitrogens with zero attached hydrogens (tertiary/aromatic N) is 1. The van der Waals surface area contributed by atoms with Crippen molar-refractivity contribution in [2.24, 2.45) is 5.92 Å². The van der Waals surface area contributed by atoms with Crippen molar-refractivity contribution in [3.05, 3.63) is 35.4 Å². The fraction of sp³-hybridized carbons (Fsp3) is 0.429. The first-order valence-corrected chi connectivity index (χ1v) is 6.19. The molecule has 0 aromatic heterocycles. The van der Waals surface area contributed by atoms with Crippen LogP contribution in [0.1, 0.15) is 25.3 Å². The fourth-order valence-electron chi connectivity index (χ4n) is 1.82. The van der Waals surface area contributed by atoms with Crippen LogP contribution < -0.4 is 0 Å². The van der Waals surface area contributed by atoms with Crippen molar-refractivity contribution in [2.45, 2.75) is 26.3 Å². The summed E-state index contributed by atoms with van der Waals surface area (Å²) in [6.07, 6.45) is 0.0250. The Morgan fingerprint density at radius 3 is 2.45 bits per heavy atom. The van der Waals surface area contributed by atoms with E-state index in [9.17, 15) is 18.4 Å². The normalized spacial score (nSPS) is 12.0. The summed E-state index contributed by atoms with van der Waals surface area (Å²) >= 11 is 0. The number of carbonyl (C=O) groups excluding carboxylic acids is 1. The molecule has 1 aromatic rings. The van der Waals surface area contributed by atoms with Gasteiger partial charge in [-0.1, -0.05) is 13.0 Å². The number of hydrogen-bond acceptors (Lipinski definition) is 2. The maximum Gasteiger partial charge on any atom is 0.303 e. The highest BCUT2D eigenvalue weighted by atomic mass is 19.2. The Morgan fingerprint density at radius 1 is 1.25 bits per heavy atom. The molecule has 20 heavy (non-hydrogen) atoms. The molecule has 6 heteroatoms. The van der Waals surface area contributed by atoms with Crippen molar-refractivity contribution in [1.82, 2.24) is 4.90 Å². The van der Waals surface area contributed by atoms with Gasteiger partial charge in [0.05, 0.1) is 0 Å². The number of benzene rings is 1. The van der Waals surface area contributed by atoms with Crippen molar-refractivity contribution in [2.75, 3.05) is 7.05 Å². The van der Waals surface area contributed by atoms with Crippen LogP contribution in [0.5, 0.6) is 0 Å². The van der Waals surface area contributed by atoms with E-state index in [1.165, 1.54) is 18.0 Å². The van der Waals surface area contributed by atoms with Gasteiger partial charge in [-0.3, -0.25) is 9.59 Å². The molecule has 1 unspecified atom stereocenters. The van der Waals surface area contributed by atoms with Gasteiger partial charge in [0.25, 0.3) is 0 Å². The first-order chi connectivity index (χ1) is 9.29. The fourth-order valence-corrected chi connectivity index (χ4v) is 1.82. The predicted octanol–water partition coefficient (Wildman–Crippen LogP) is 2.42. The molecule has 0 fully saturated rings. The smallest absolute Gasteiger partial charge is 0.303 e. The lowest BCUT2D eigenvalue weighted by Crippen LogP contribution is -2.28. The highest BCUT2D eigenvalue weighted by molar-refractivity contribution is 5.77. The monoisotopic (exact) mass is 285 g/mol. The summed E-state index contributed by atoms with van der Waals surface area (Å²) in [7, 11) is 1.54. The van der Waals surface area contributed by atoms with Crippen molar-refractivity contribution < 1.29 is 23.5 Å². The molecule has 110 valence electrons. The Bertz CT molecular complexity index is 505. The second kappa shape index (κ2) is 6.98. The van der Waals surface area contributed by atoms with Gasteiger partial charge in [-0.15, -0.1) is 0 Å². The largest absolute Gasteiger partial charge is 0.481 e. The number of hydrogen-bond donors (Lipinski definition) is 1. The van der Waals surface area contributed by atoms with Crippen molar-refractivity contribution in [3.63, 3.8) is 0 Å². The summed E-state index contributed by atoms with van der Waals surface area (Å²) in [5.41, 5.74) is 0.477. The predicted molar refractivity (Wildman–Crippen MR) is 68.9 cm³/mol. The average molecular weight is 285 g/mol. The van der Waals surface area contributed by atoms with E-state index in [2.05, 4.69) is 0 Å². The summed E-state index contributed by atoms with van der Waals surface area (Å²) in [6.45, 7) is 1.83. The molecule has 0 spiro atoms. The van der Waals surface area contributed by atoms with Crippen LogP contribution in [0.25, 0.3) is 0 Å². The Morgan fingerprint density at radius 2 is 1.90 bits per heavy atom. The maximum atomic E-state index is 13.0. The van der Waals surface area contributed by atoms with E-state index in [0.717, 1.165) is 12.1 Å². The van der Waals surface area contributed by atoms with Crippen molar-refractivity contribution in [1.29, 1.82) is 0 Å². The van der Waals surface area contributed by atoms with Gasteiger partial charge in [0.1, 0.15) is 0 Å². The Hall–Kier alpha value is -1.98. The van der Waals surface area contributed by atoms with Gasteiger partial charge in [-0.05, 0) is 23.6 Å². The third-order valence-electron chi connectivity index (χ3n) is 2.88. The van der Waals surface area contributed by atoms with Gasteiger partial charge in [0.2, 0.25) is 5.91 Å². The minimum atomic E-state index is -0.956. The van der Waals surface area contributed by atoms with Crippen LogP contribution in [-0.2, 0) is 16.1 Å². The van der Waals surface area contributed by atoms with Crippen molar-refractivity contribution in [3.8, 4) is 0 Å². The Labute approximate surface area is 116 Å². The molecule has 1 aromatic carbocycles. The number of amides is 1. The number of halogens is 2. The molecule has 1 rings (SSSR count). The molecule has 0 saturated carbocycles. The highest BCUT2D eigenvalue weighted by Crippen LogP contribution is 2.13. The zero-order valence-electron chi connectivity index (χ0n) is 11.4. The molecule has 1 N–H and O–H groups in total. The molecule has 0 aliphatic rings. The zero-order valence-corrected chi connectivity index (χ0v) is 11.4. The molecule has 0 saturated heterocycles. The molecule has 1 atom stereocenters. The van der Waals surface area contributed by atoms with Crippen LogP contribution in [0.4, 0.5) is 8.78 Å². The lowest BCUT2D eigenvalue weighted by molar-refractivity contribution is -0.138. The third-order valence-corrected chi connectivity index (χ3v) is 2.88. The molecule has 1 amide bonds. The summed E-state index contributed by atoms with van der Waals surface area (Å²) in [5, 5.41) is 8.63. The number of carbonyl (C=O) groups is 2. The molecule has 4 nitrogen and oxygen atoms in total. The number of carboxylic acids is 1. The van der Waals surface area contributed by atoms with E-state index in [0.29, 0.717) is 5.56 Å². The minimum Gasteiger partial charge on any atom is -0.481 e. The summed E-state index contributed by atoms with van der Waals surface area (Å²) in [6, 6.07) is 3.46. The number of carboxylic acid groups (broad SMARTS) is 1. The molecule has 0 heterocycles. The lowest BCUT2D eigenvalue weighted by atomic mass is 10.0. The molecular weight excluding hydrogens is 268 g/mol. The molecule has 0 radical (unpaired) electrons. The van der Waals surface area contributed by atoms with E-state index < -0.39 is 17.6 Å². The van der Waals surface area contributed by atoms with E-state index in [1.807, 2.05) is 0 Å². The molecule has 0 bridgehead atoms. The van der Waals surface area contributed by atoms with E-state index >= 15 is 0 Å². The van der Waals surface area contributed by atoms with E-state index in [4.69, 9.17) is 5.11 Å². The Kier molecular flexibility index (Phi) is 5.61. The SMILES string of the molecule is CC(CC(=O)O)CC(=O)N(C)Cc1ccc(F)c(F)c1. The maximum absolute atomic E-state index is 13.0. The van der Waals surface area contributed by atoms with Gasteiger partial charge in [0, 0.05) is 26.4 Å². The van der Waals surface area contributed by atoms with Crippen LogP contribution in [0.2, 0.25) is 0 Å².